The van der Waals surface area contributed by atoms with E-state index in [1.54, 1.807) is 41.3 Å². The molecule has 2 aromatic rings. The second-order valence-electron chi connectivity index (χ2n) is 8.75. The molecule has 0 aliphatic carbocycles. The van der Waals surface area contributed by atoms with Gasteiger partial charge in [0.05, 0.1) is 31.0 Å². The fourth-order valence-electron chi connectivity index (χ4n) is 4.18. The highest BCUT2D eigenvalue weighted by Crippen LogP contribution is 2.28. The molecular formula is C25H27ClFN5O5. The van der Waals surface area contributed by atoms with Crippen molar-refractivity contribution >= 4 is 46.8 Å². The van der Waals surface area contributed by atoms with Crippen molar-refractivity contribution in [2.45, 2.75) is 13.0 Å². The zero-order chi connectivity index (χ0) is 26.5. The van der Waals surface area contributed by atoms with Gasteiger partial charge in [-0.05, 0) is 42.5 Å². The Balaban J connectivity index is 1.28. The van der Waals surface area contributed by atoms with Crippen LogP contribution < -0.4 is 20.4 Å². The summed E-state index contributed by atoms with van der Waals surface area (Å²) in [7, 11) is 0. The minimum Gasteiger partial charge on any atom is -0.442 e. The topological polar surface area (TPSA) is 111 Å². The number of benzene rings is 2. The summed E-state index contributed by atoms with van der Waals surface area (Å²) in [6.45, 7) is 3.20. The van der Waals surface area contributed by atoms with Crippen molar-refractivity contribution in [1.29, 1.82) is 0 Å². The van der Waals surface area contributed by atoms with Crippen molar-refractivity contribution < 1.29 is 28.3 Å². The number of amides is 4. The van der Waals surface area contributed by atoms with Crippen LogP contribution in [0, 0.1) is 5.82 Å². The maximum atomic E-state index is 15.0. The van der Waals surface area contributed by atoms with Crippen LogP contribution in [-0.4, -0.2) is 80.6 Å². The molecule has 0 aromatic heterocycles. The van der Waals surface area contributed by atoms with E-state index in [1.807, 2.05) is 4.90 Å². The number of hydrogen-bond donors (Lipinski definition) is 2. The average Bonchev–Trinajstić information content (AvgIpc) is 3.26. The minimum absolute atomic E-state index is 0.140. The Hall–Kier alpha value is -3.86. The van der Waals surface area contributed by atoms with Crippen molar-refractivity contribution in [3.8, 4) is 0 Å². The molecule has 2 saturated heterocycles. The van der Waals surface area contributed by atoms with E-state index in [0.29, 0.717) is 48.1 Å². The van der Waals surface area contributed by atoms with Gasteiger partial charge in [-0.15, -0.1) is 0 Å². The Bertz CT molecular complexity index is 1190. The van der Waals surface area contributed by atoms with Crippen LogP contribution in [0.5, 0.6) is 0 Å². The largest absolute Gasteiger partial charge is 0.442 e. The molecule has 12 heteroatoms. The van der Waals surface area contributed by atoms with E-state index in [0.717, 1.165) is 0 Å². The van der Waals surface area contributed by atoms with Gasteiger partial charge < -0.3 is 25.2 Å². The molecule has 0 spiro atoms. The first-order chi connectivity index (χ1) is 17.7. The van der Waals surface area contributed by atoms with Crippen LogP contribution in [0.1, 0.15) is 17.3 Å². The summed E-state index contributed by atoms with van der Waals surface area (Å²) in [5.74, 6) is -1.31. The number of hydrogen-bond acceptors (Lipinski definition) is 6. The van der Waals surface area contributed by atoms with E-state index < -0.39 is 18.0 Å². The second-order valence-corrected chi connectivity index (χ2v) is 9.18. The molecule has 196 valence electrons. The molecule has 2 aromatic carbocycles. The van der Waals surface area contributed by atoms with Gasteiger partial charge in [0.1, 0.15) is 11.9 Å². The fraction of sp³-hybridized carbons (Fsp3) is 0.360. The van der Waals surface area contributed by atoms with Crippen molar-refractivity contribution in [2.75, 3.05) is 55.6 Å². The van der Waals surface area contributed by atoms with Gasteiger partial charge >= 0.3 is 6.09 Å². The van der Waals surface area contributed by atoms with Crippen molar-refractivity contribution in [1.82, 2.24) is 15.5 Å². The van der Waals surface area contributed by atoms with Crippen LogP contribution in [0.2, 0.25) is 5.02 Å². The van der Waals surface area contributed by atoms with Gasteiger partial charge in [0.25, 0.3) is 5.91 Å². The average molecular weight is 532 g/mol. The van der Waals surface area contributed by atoms with E-state index in [9.17, 15) is 19.2 Å². The van der Waals surface area contributed by atoms with Gasteiger partial charge in [0.2, 0.25) is 11.8 Å². The van der Waals surface area contributed by atoms with E-state index in [-0.39, 0.29) is 37.4 Å². The molecule has 10 nitrogen and oxygen atoms in total. The number of carbonyl (C=O) groups excluding carboxylic acids is 4. The summed E-state index contributed by atoms with van der Waals surface area (Å²) >= 11 is 5.83. The lowest BCUT2D eigenvalue weighted by Crippen LogP contribution is -2.51. The Morgan fingerprint density at radius 1 is 1.05 bits per heavy atom. The van der Waals surface area contributed by atoms with Crippen LogP contribution in [-0.2, 0) is 14.3 Å². The predicted octanol–water partition coefficient (Wildman–Crippen LogP) is 2.02. The quantitative estimate of drug-likeness (QED) is 0.565. The van der Waals surface area contributed by atoms with Crippen LogP contribution >= 0.6 is 11.6 Å². The van der Waals surface area contributed by atoms with Gasteiger partial charge in [-0.2, -0.15) is 0 Å². The van der Waals surface area contributed by atoms with E-state index in [2.05, 4.69) is 10.6 Å². The van der Waals surface area contributed by atoms with Gasteiger partial charge in [-0.3, -0.25) is 19.3 Å². The molecule has 4 amide bonds. The molecule has 2 aliphatic heterocycles. The summed E-state index contributed by atoms with van der Waals surface area (Å²) in [4.78, 5) is 52.8. The molecule has 4 rings (SSSR count). The van der Waals surface area contributed by atoms with Gasteiger partial charge in [-0.25, -0.2) is 9.18 Å². The third-order valence-corrected chi connectivity index (χ3v) is 6.43. The third-order valence-electron chi connectivity index (χ3n) is 6.18. The fourth-order valence-corrected chi connectivity index (χ4v) is 4.31. The molecule has 37 heavy (non-hydrogen) atoms. The number of ether oxygens (including phenoxy) is 1. The van der Waals surface area contributed by atoms with Crippen molar-refractivity contribution in [2.24, 2.45) is 0 Å². The number of nitrogens with zero attached hydrogens (tertiary/aromatic N) is 3. The Morgan fingerprint density at radius 2 is 1.76 bits per heavy atom. The first-order valence-corrected chi connectivity index (χ1v) is 12.2. The van der Waals surface area contributed by atoms with Crippen molar-refractivity contribution in [3.63, 3.8) is 0 Å². The molecule has 0 unspecified atom stereocenters. The highest BCUT2D eigenvalue weighted by Gasteiger charge is 2.33. The number of piperazine rings is 1. The molecule has 2 aliphatic rings. The maximum Gasteiger partial charge on any atom is 0.414 e. The zero-order valence-electron chi connectivity index (χ0n) is 20.2. The van der Waals surface area contributed by atoms with Crippen LogP contribution in [0.4, 0.5) is 20.6 Å². The lowest BCUT2D eigenvalue weighted by molar-refractivity contribution is -0.130. The van der Waals surface area contributed by atoms with E-state index in [4.69, 9.17) is 16.3 Å². The highest BCUT2D eigenvalue weighted by molar-refractivity contribution is 6.30. The lowest BCUT2D eigenvalue weighted by Gasteiger charge is -2.36. The number of carbonyl (C=O) groups is 4. The first-order valence-electron chi connectivity index (χ1n) is 11.8. The van der Waals surface area contributed by atoms with E-state index >= 15 is 4.39 Å². The molecule has 2 heterocycles. The molecule has 2 fully saturated rings. The molecule has 0 radical (unpaired) electrons. The normalized spacial score (nSPS) is 17.4. The number of cyclic esters (lactones) is 1. The van der Waals surface area contributed by atoms with Crippen LogP contribution in [0.25, 0.3) is 0 Å². The standard InChI is InChI=1S/C25H27ClFN5O5/c1-16(33)28-13-20-15-32(25(36)37-20)19-6-7-22(21(27)12-19)30-8-10-31(11-9-30)23(34)14-29-24(35)17-2-4-18(26)5-3-17/h2-7,12,20H,8-11,13-15H2,1H3,(H,28,33)(H,29,35)/t20-/m0/s1. The summed E-state index contributed by atoms with van der Waals surface area (Å²) in [6, 6.07) is 10.9. The molecule has 0 bridgehead atoms. The van der Waals surface area contributed by atoms with Gasteiger partial charge in [0.15, 0.2) is 0 Å². The van der Waals surface area contributed by atoms with Crippen LogP contribution in [0.3, 0.4) is 0 Å². The highest BCUT2D eigenvalue weighted by atomic mass is 35.5. The molecule has 0 saturated carbocycles. The SMILES string of the molecule is CC(=O)NC[C@H]1CN(c2ccc(N3CCN(C(=O)CNC(=O)c4ccc(Cl)cc4)CC3)c(F)c2)C(=O)O1. The second kappa shape index (κ2) is 11.5. The summed E-state index contributed by atoms with van der Waals surface area (Å²) in [5, 5.41) is 5.73. The smallest absolute Gasteiger partial charge is 0.414 e. The van der Waals surface area contributed by atoms with Gasteiger partial charge in [0, 0.05) is 43.7 Å². The third kappa shape index (κ3) is 6.48. The molecule has 2 N–H and O–H groups in total. The Labute approximate surface area is 218 Å². The summed E-state index contributed by atoms with van der Waals surface area (Å²) in [6.07, 6.45) is -1.11. The van der Waals surface area contributed by atoms with Gasteiger partial charge in [-0.1, -0.05) is 11.6 Å². The zero-order valence-corrected chi connectivity index (χ0v) is 21.0. The summed E-state index contributed by atoms with van der Waals surface area (Å²) in [5.41, 5.74) is 1.14. The number of anilines is 2. The Morgan fingerprint density at radius 3 is 2.41 bits per heavy atom. The minimum atomic E-state index is -0.599. The number of nitrogens with one attached hydrogen (secondary N) is 2. The predicted molar refractivity (Wildman–Crippen MR) is 135 cm³/mol. The Kier molecular flexibility index (Phi) is 8.12. The number of rotatable bonds is 7. The van der Waals surface area contributed by atoms with Crippen molar-refractivity contribution in [3.05, 3.63) is 58.9 Å². The maximum absolute atomic E-state index is 15.0. The summed E-state index contributed by atoms with van der Waals surface area (Å²) < 4.78 is 20.2. The van der Waals surface area contributed by atoms with Crippen LogP contribution in [0.15, 0.2) is 42.5 Å². The lowest BCUT2D eigenvalue weighted by atomic mass is 10.2. The molecule has 1 atom stereocenters. The van der Waals surface area contributed by atoms with E-state index in [1.165, 1.54) is 17.9 Å². The first kappa shape index (κ1) is 26.2. The monoisotopic (exact) mass is 531 g/mol. The number of halogens is 2. The molecular weight excluding hydrogens is 505 g/mol.